The van der Waals surface area contributed by atoms with E-state index in [9.17, 15) is 0 Å². The van der Waals surface area contributed by atoms with Gasteiger partial charge in [0.15, 0.2) is 0 Å². The predicted molar refractivity (Wildman–Crippen MR) is 96.7 cm³/mol. The second-order valence-corrected chi connectivity index (χ2v) is 7.95. The van der Waals surface area contributed by atoms with Crippen LogP contribution < -0.4 is 0 Å². The molecule has 2 unspecified atom stereocenters. The van der Waals surface area contributed by atoms with Crippen molar-refractivity contribution in [1.82, 2.24) is 0 Å². The first-order valence-electron chi connectivity index (χ1n) is 10.2. The van der Waals surface area contributed by atoms with Gasteiger partial charge in [0, 0.05) is 0 Å². The maximum absolute atomic E-state index is 2.43. The summed E-state index contributed by atoms with van der Waals surface area (Å²) in [6, 6.07) is 0. The third kappa shape index (κ3) is 6.74. The van der Waals surface area contributed by atoms with Gasteiger partial charge in [-0.1, -0.05) is 91.9 Å². The molecule has 0 aliphatic heterocycles. The van der Waals surface area contributed by atoms with Gasteiger partial charge in [0.05, 0.1) is 0 Å². The van der Waals surface area contributed by atoms with Gasteiger partial charge in [-0.05, 0) is 42.9 Å². The molecule has 21 heavy (non-hydrogen) atoms. The second kappa shape index (κ2) is 10.7. The minimum absolute atomic E-state index is 0.739. The highest BCUT2D eigenvalue weighted by molar-refractivity contribution is 4.88. The van der Waals surface area contributed by atoms with Crippen molar-refractivity contribution in [3.05, 3.63) is 0 Å². The first-order valence-corrected chi connectivity index (χ1v) is 10.2. The second-order valence-electron chi connectivity index (χ2n) is 7.95. The number of hydrogen-bond donors (Lipinski definition) is 0. The lowest BCUT2D eigenvalue weighted by atomic mass is 9.69. The highest BCUT2D eigenvalue weighted by Crippen LogP contribution is 2.49. The molecule has 0 radical (unpaired) electrons. The van der Waals surface area contributed by atoms with Gasteiger partial charge in [-0.2, -0.15) is 0 Å². The Labute approximate surface area is 135 Å². The fourth-order valence-corrected chi connectivity index (χ4v) is 4.73. The van der Waals surface area contributed by atoms with E-state index in [-0.39, 0.29) is 0 Å². The lowest BCUT2D eigenvalue weighted by Crippen LogP contribution is -2.24. The van der Waals surface area contributed by atoms with Crippen molar-refractivity contribution in [1.29, 1.82) is 0 Å². The van der Waals surface area contributed by atoms with Gasteiger partial charge in [0.2, 0.25) is 0 Å². The molecule has 1 fully saturated rings. The molecule has 0 nitrogen and oxygen atoms in total. The zero-order valence-corrected chi connectivity index (χ0v) is 15.6. The summed E-state index contributed by atoms with van der Waals surface area (Å²) in [6.45, 7) is 9.54. The van der Waals surface area contributed by atoms with Crippen LogP contribution in [0.15, 0.2) is 0 Å². The number of rotatable bonds is 12. The number of unbranched alkanes of at least 4 members (excludes halogenated alkanes) is 2. The van der Waals surface area contributed by atoms with Crippen LogP contribution in [0.5, 0.6) is 0 Å². The Morgan fingerprint density at radius 2 is 1.14 bits per heavy atom. The predicted octanol–water partition coefficient (Wildman–Crippen LogP) is 7.76. The van der Waals surface area contributed by atoms with Crippen molar-refractivity contribution in [3.63, 3.8) is 0 Å². The third-order valence-electron chi connectivity index (χ3n) is 6.19. The molecule has 2 atom stereocenters. The maximum atomic E-state index is 2.43. The smallest absolute Gasteiger partial charge is 0.0292 e. The zero-order chi connectivity index (χ0) is 15.6. The average molecular weight is 295 g/mol. The van der Waals surface area contributed by atoms with Crippen LogP contribution in [0.3, 0.4) is 0 Å². The molecule has 1 rings (SSSR count). The molecule has 0 heteroatoms. The van der Waals surface area contributed by atoms with E-state index in [4.69, 9.17) is 0 Å². The molecule has 0 amide bonds. The van der Waals surface area contributed by atoms with E-state index in [0.717, 1.165) is 17.3 Å². The van der Waals surface area contributed by atoms with Crippen LogP contribution >= 0.6 is 0 Å². The summed E-state index contributed by atoms with van der Waals surface area (Å²) in [5, 5.41) is 0. The summed E-state index contributed by atoms with van der Waals surface area (Å²) >= 11 is 0. The SMILES string of the molecule is CCCCC(CC)CC1(CC(CC)CCCC)CCCC1. The zero-order valence-electron chi connectivity index (χ0n) is 15.6. The quantitative estimate of drug-likeness (QED) is 0.345. The van der Waals surface area contributed by atoms with Crippen LogP contribution in [0.1, 0.15) is 118 Å². The largest absolute Gasteiger partial charge is 0.0654 e. The van der Waals surface area contributed by atoms with Gasteiger partial charge in [-0.25, -0.2) is 0 Å². The summed E-state index contributed by atoms with van der Waals surface area (Å²) in [5.74, 6) is 2.01. The van der Waals surface area contributed by atoms with Gasteiger partial charge < -0.3 is 0 Å². The Kier molecular flexibility index (Phi) is 9.69. The van der Waals surface area contributed by atoms with E-state index < -0.39 is 0 Å². The first kappa shape index (κ1) is 19.0. The van der Waals surface area contributed by atoms with Crippen LogP contribution in [0.4, 0.5) is 0 Å². The molecular formula is C21H42. The fraction of sp³-hybridized carbons (Fsp3) is 1.00. The van der Waals surface area contributed by atoms with Gasteiger partial charge in [0.1, 0.15) is 0 Å². The molecule has 0 aromatic heterocycles. The molecule has 1 aliphatic rings. The topological polar surface area (TPSA) is 0 Å². The minimum Gasteiger partial charge on any atom is -0.0654 e. The molecule has 126 valence electrons. The van der Waals surface area contributed by atoms with Crippen LogP contribution in [0.2, 0.25) is 0 Å². The third-order valence-corrected chi connectivity index (χ3v) is 6.19. The van der Waals surface area contributed by atoms with Crippen molar-refractivity contribution >= 4 is 0 Å². The molecule has 0 spiro atoms. The van der Waals surface area contributed by atoms with Crippen LogP contribution in [-0.4, -0.2) is 0 Å². The van der Waals surface area contributed by atoms with Crippen molar-refractivity contribution < 1.29 is 0 Å². The molecule has 0 saturated heterocycles. The Bertz CT molecular complexity index is 216. The van der Waals surface area contributed by atoms with Crippen molar-refractivity contribution in [2.45, 2.75) is 118 Å². The van der Waals surface area contributed by atoms with Gasteiger partial charge in [-0.3, -0.25) is 0 Å². The summed E-state index contributed by atoms with van der Waals surface area (Å²) in [4.78, 5) is 0. The molecule has 0 N–H and O–H groups in total. The van der Waals surface area contributed by atoms with Crippen molar-refractivity contribution in [2.24, 2.45) is 17.3 Å². The maximum Gasteiger partial charge on any atom is -0.0292 e. The first-order chi connectivity index (χ1) is 10.2. The Morgan fingerprint density at radius 3 is 1.48 bits per heavy atom. The van der Waals surface area contributed by atoms with Crippen LogP contribution in [0.25, 0.3) is 0 Å². The molecule has 0 bridgehead atoms. The van der Waals surface area contributed by atoms with E-state index in [0.29, 0.717) is 0 Å². The summed E-state index contributed by atoms with van der Waals surface area (Å²) < 4.78 is 0. The van der Waals surface area contributed by atoms with Crippen LogP contribution in [0, 0.1) is 17.3 Å². The highest BCUT2D eigenvalue weighted by Gasteiger charge is 2.36. The monoisotopic (exact) mass is 294 g/mol. The molecule has 1 aliphatic carbocycles. The Hall–Kier alpha value is 0. The van der Waals surface area contributed by atoms with Gasteiger partial charge in [-0.15, -0.1) is 0 Å². The molecule has 1 saturated carbocycles. The molecule has 0 heterocycles. The van der Waals surface area contributed by atoms with E-state index in [1.807, 2.05) is 0 Å². The summed E-state index contributed by atoms with van der Waals surface area (Å²) in [6.07, 6.45) is 20.6. The molecule has 0 aromatic rings. The Balaban J connectivity index is 2.59. The molecular weight excluding hydrogens is 252 g/mol. The minimum atomic E-state index is 0.739. The van der Waals surface area contributed by atoms with E-state index >= 15 is 0 Å². The summed E-state index contributed by atoms with van der Waals surface area (Å²) in [7, 11) is 0. The standard InChI is InChI=1S/C21H42/c1-5-9-13-19(7-3)17-21(15-11-12-16-21)18-20(8-4)14-10-6-2/h19-20H,5-18H2,1-4H3. The lowest BCUT2D eigenvalue weighted by Gasteiger charge is -2.36. The molecule has 0 aromatic carbocycles. The Morgan fingerprint density at radius 1 is 0.714 bits per heavy atom. The van der Waals surface area contributed by atoms with Crippen molar-refractivity contribution in [3.8, 4) is 0 Å². The van der Waals surface area contributed by atoms with E-state index in [2.05, 4.69) is 27.7 Å². The van der Waals surface area contributed by atoms with Gasteiger partial charge in [0.25, 0.3) is 0 Å². The highest BCUT2D eigenvalue weighted by atomic mass is 14.4. The summed E-state index contributed by atoms with van der Waals surface area (Å²) in [5.41, 5.74) is 0.739. The van der Waals surface area contributed by atoms with E-state index in [1.54, 1.807) is 12.8 Å². The fourth-order valence-electron chi connectivity index (χ4n) is 4.73. The van der Waals surface area contributed by atoms with Gasteiger partial charge >= 0.3 is 0 Å². The van der Waals surface area contributed by atoms with Crippen LogP contribution in [-0.2, 0) is 0 Å². The number of hydrogen-bond acceptors (Lipinski definition) is 0. The average Bonchev–Trinajstić information content (AvgIpc) is 2.96. The van der Waals surface area contributed by atoms with Crippen molar-refractivity contribution in [2.75, 3.05) is 0 Å². The van der Waals surface area contributed by atoms with E-state index in [1.165, 1.54) is 77.0 Å². The normalized spacial score (nSPS) is 20.6. The lowest BCUT2D eigenvalue weighted by molar-refractivity contribution is 0.151.